The zero-order valence-electron chi connectivity index (χ0n) is 16.2. The Bertz CT molecular complexity index is 991. The average molecular weight is 428 g/mol. The molecule has 30 heavy (non-hydrogen) atoms. The lowest BCUT2D eigenvalue weighted by atomic mass is 10.1. The van der Waals surface area contributed by atoms with E-state index in [0.29, 0.717) is 25.0 Å². The Kier molecular flexibility index (Phi) is 6.81. The summed E-state index contributed by atoms with van der Waals surface area (Å²) in [6.07, 6.45) is -1.31. The van der Waals surface area contributed by atoms with Crippen molar-refractivity contribution in [1.29, 1.82) is 0 Å². The van der Waals surface area contributed by atoms with Crippen molar-refractivity contribution < 1.29 is 31.4 Å². The molecule has 0 aliphatic rings. The van der Waals surface area contributed by atoms with Gasteiger partial charge in [-0.15, -0.1) is 0 Å². The van der Waals surface area contributed by atoms with Crippen molar-refractivity contribution >= 4 is 10.9 Å². The molecule has 0 saturated heterocycles. The van der Waals surface area contributed by atoms with Crippen LogP contribution < -0.4 is 14.8 Å². The molecule has 0 atom stereocenters. The number of H-pyrrole nitrogens is 1. The Morgan fingerprint density at radius 3 is 2.70 bits per heavy atom. The van der Waals surface area contributed by atoms with Crippen LogP contribution in [0.25, 0.3) is 10.9 Å². The molecule has 4 nitrogen and oxygen atoms in total. The normalized spacial score (nSPS) is 12.0. The molecule has 0 spiro atoms. The Labute approximate surface area is 170 Å². The number of benzene rings is 2. The Morgan fingerprint density at radius 1 is 1.17 bits per heavy atom. The maximum atomic E-state index is 13.8. The topological polar surface area (TPSA) is 46.3 Å². The largest absolute Gasteiger partial charge is 0.494 e. The molecule has 2 aromatic carbocycles. The zero-order valence-corrected chi connectivity index (χ0v) is 16.2. The summed E-state index contributed by atoms with van der Waals surface area (Å²) in [5.41, 5.74) is 2.42. The lowest BCUT2D eigenvalue weighted by Gasteiger charge is -2.16. The van der Waals surface area contributed by atoms with E-state index in [0.717, 1.165) is 16.5 Å². The highest BCUT2D eigenvalue weighted by atomic mass is 19.3. The number of methoxy groups -OCH3 is 1. The maximum Gasteiger partial charge on any atom is 0.340 e. The van der Waals surface area contributed by atoms with Crippen LogP contribution >= 0.6 is 0 Å². The van der Waals surface area contributed by atoms with E-state index in [4.69, 9.17) is 9.47 Å². The molecule has 0 fully saturated rings. The number of hydrogen-bond donors (Lipinski definition) is 2. The molecule has 1 aromatic heterocycles. The molecule has 0 aliphatic heterocycles. The van der Waals surface area contributed by atoms with Gasteiger partial charge in [0.15, 0.2) is 18.2 Å². The molecule has 0 aliphatic carbocycles. The van der Waals surface area contributed by atoms with Gasteiger partial charge in [-0.05, 0) is 42.3 Å². The Balaban J connectivity index is 1.53. The number of alkyl halides is 4. The van der Waals surface area contributed by atoms with E-state index in [2.05, 4.69) is 10.3 Å². The van der Waals surface area contributed by atoms with Crippen molar-refractivity contribution in [2.45, 2.75) is 25.3 Å². The standard InChI is InChI=1S/C21H21F5N2O2/c1-29-19-8-16-14(11-28-18(16)9-17(19)22)5-6-27-10-13-3-2-4-15(7-13)30-12-21(25,26)20(23)24/h2-4,7-9,11,20,27-28H,5-6,10,12H2,1H3. The van der Waals surface area contributed by atoms with Gasteiger partial charge in [0.2, 0.25) is 0 Å². The van der Waals surface area contributed by atoms with Gasteiger partial charge in [0.25, 0.3) is 0 Å². The molecule has 3 rings (SSSR count). The molecular formula is C21H21F5N2O2. The molecule has 9 heteroatoms. The van der Waals surface area contributed by atoms with Crippen LogP contribution in [-0.4, -0.2) is 37.6 Å². The summed E-state index contributed by atoms with van der Waals surface area (Å²) in [7, 11) is 1.41. The maximum absolute atomic E-state index is 13.8. The lowest BCUT2D eigenvalue weighted by Crippen LogP contribution is -2.33. The third kappa shape index (κ3) is 5.21. The van der Waals surface area contributed by atoms with Crippen molar-refractivity contribution in [2.24, 2.45) is 0 Å². The number of rotatable bonds is 10. The minimum absolute atomic E-state index is 0.0976. The summed E-state index contributed by atoms with van der Waals surface area (Å²) in [4.78, 5) is 3.03. The molecule has 2 N–H and O–H groups in total. The van der Waals surface area contributed by atoms with Crippen LogP contribution in [0.3, 0.4) is 0 Å². The fourth-order valence-electron chi connectivity index (χ4n) is 2.99. The summed E-state index contributed by atoms with van der Waals surface area (Å²) < 4.78 is 74.0. The first-order valence-corrected chi connectivity index (χ1v) is 9.22. The third-order valence-corrected chi connectivity index (χ3v) is 4.59. The van der Waals surface area contributed by atoms with Gasteiger partial charge in [-0.25, -0.2) is 13.2 Å². The summed E-state index contributed by atoms with van der Waals surface area (Å²) >= 11 is 0. The average Bonchev–Trinajstić information content (AvgIpc) is 3.11. The van der Waals surface area contributed by atoms with E-state index in [9.17, 15) is 22.0 Å². The quantitative estimate of drug-likeness (QED) is 0.356. The van der Waals surface area contributed by atoms with E-state index in [-0.39, 0.29) is 11.5 Å². The highest BCUT2D eigenvalue weighted by Gasteiger charge is 2.41. The summed E-state index contributed by atoms with van der Waals surface area (Å²) in [6, 6.07) is 9.36. The lowest BCUT2D eigenvalue weighted by molar-refractivity contribution is -0.148. The number of hydrogen-bond acceptors (Lipinski definition) is 3. The summed E-state index contributed by atoms with van der Waals surface area (Å²) in [5.74, 6) is -4.37. The van der Waals surface area contributed by atoms with Gasteiger partial charge in [-0.1, -0.05) is 12.1 Å². The van der Waals surface area contributed by atoms with Crippen molar-refractivity contribution in [3.8, 4) is 11.5 Å². The van der Waals surface area contributed by atoms with E-state index in [1.54, 1.807) is 18.2 Å². The van der Waals surface area contributed by atoms with Crippen molar-refractivity contribution in [3.63, 3.8) is 0 Å². The van der Waals surface area contributed by atoms with Crippen LogP contribution in [0.2, 0.25) is 0 Å². The smallest absolute Gasteiger partial charge is 0.340 e. The zero-order chi connectivity index (χ0) is 21.7. The van der Waals surface area contributed by atoms with Crippen LogP contribution in [-0.2, 0) is 13.0 Å². The molecule has 0 saturated carbocycles. The van der Waals surface area contributed by atoms with Crippen molar-refractivity contribution in [3.05, 3.63) is 59.5 Å². The van der Waals surface area contributed by atoms with Gasteiger partial charge in [0.05, 0.1) is 7.11 Å². The van der Waals surface area contributed by atoms with Gasteiger partial charge >= 0.3 is 12.3 Å². The minimum Gasteiger partial charge on any atom is -0.494 e. The molecule has 162 valence electrons. The summed E-state index contributed by atoms with van der Waals surface area (Å²) in [5, 5.41) is 4.09. The second-order valence-corrected chi connectivity index (χ2v) is 6.77. The monoisotopic (exact) mass is 428 g/mol. The highest BCUT2D eigenvalue weighted by molar-refractivity contribution is 5.84. The molecule has 1 heterocycles. The number of aromatic nitrogens is 1. The molecule has 0 amide bonds. The van der Waals surface area contributed by atoms with E-state index in [1.165, 1.54) is 25.3 Å². The first-order valence-electron chi connectivity index (χ1n) is 9.22. The predicted molar refractivity (Wildman–Crippen MR) is 103 cm³/mol. The highest BCUT2D eigenvalue weighted by Crippen LogP contribution is 2.27. The molecule has 3 aromatic rings. The molecule has 0 radical (unpaired) electrons. The van der Waals surface area contributed by atoms with E-state index in [1.807, 2.05) is 6.20 Å². The number of aromatic amines is 1. The Morgan fingerprint density at radius 2 is 1.97 bits per heavy atom. The minimum atomic E-state index is -4.20. The second kappa shape index (κ2) is 9.34. The second-order valence-electron chi connectivity index (χ2n) is 6.77. The van der Waals surface area contributed by atoms with Gasteiger partial charge in [-0.3, -0.25) is 0 Å². The van der Waals surface area contributed by atoms with Gasteiger partial charge in [0, 0.05) is 29.7 Å². The van der Waals surface area contributed by atoms with Gasteiger partial charge in [0.1, 0.15) is 5.75 Å². The van der Waals surface area contributed by atoms with E-state index >= 15 is 0 Å². The van der Waals surface area contributed by atoms with Crippen LogP contribution in [0, 0.1) is 5.82 Å². The van der Waals surface area contributed by atoms with E-state index < -0.39 is 24.8 Å². The molecular weight excluding hydrogens is 407 g/mol. The van der Waals surface area contributed by atoms with Gasteiger partial charge in [-0.2, -0.15) is 8.78 Å². The van der Waals surface area contributed by atoms with Crippen LogP contribution in [0.5, 0.6) is 11.5 Å². The summed E-state index contributed by atoms with van der Waals surface area (Å²) in [6.45, 7) is -0.351. The fourth-order valence-corrected chi connectivity index (χ4v) is 2.99. The third-order valence-electron chi connectivity index (χ3n) is 4.59. The fraction of sp³-hybridized carbons (Fsp3) is 0.333. The van der Waals surface area contributed by atoms with Crippen molar-refractivity contribution in [2.75, 3.05) is 20.3 Å². The van der Waals surface area contributed by atoms with Crippen molar-refractivity contribution in [1.82, 2.24) is 10.3 Å². The predicted octanol–water partition coefficient (Wildman–Crippen LogP) is 4.93. The Hall–Kier alpha value is -2.81. The number of fused-ring (bicyclic) bond motifs is 1. The van der Waals surface area contributed by atoms with Gasteiger partial charge < -0.3 is 19.8 Å². The number of halogens is 5. The van der Waals surface area contributed by atoms with Crippen LogP contribution in [0.1, 0.15) is 11.1 Å². The van der Waals surface area contributed by atoms with Crippen LogP contribution in [0.15, 0.2) is 42.6 Å². The SMILES string of the molecule is COc1cc2c(CCNCc3cccc(OCC(F)(F)C(F)F)c3)c[nH]c2cc1F. The first-order chi connectivity index (χ1) is 14.3. The molecule has 0 unspecified atom stereocenters. The number of ether oxygens (including phenoxy) is 2. The molecule has 0 bridgehead atoms. The number of nitrogens with one attached hydrogen (secondary N) is 2. The first kappa shape index (κ1) is 21.9. The van der Waals surface area contributed by atoms with Crippen LogP contribution in [0.4, 0.5) is 22.0 Å².